The number of hydrogen-bond acceptors (Lipinski definition) is 0. The van der Waals surface area contributed by atoms with E-state index in [9.17, 15) is 17.6 Å². The number of hydrogen-bond donors (Lipinski definition) is 0. The molecule has 0 heterocycles. The fourth-order valence-electron chi connectivity index (χ4n) is 1.77. The number of halogens is 5. The third kappa shape index (κ3) is 2.82. The van der Waals surface area contributed by atoms with Crippen LogP contribution in [-0.4, -0.2) is 0 Å². The predicted molar refractivity (Wildman–Crippen MR) is 73.9 cm³/mol. The first kappa shape index (κ1) is 14.5. The molecule has 100 valence electrons. The summed E-state index contributed by atoms with van der Waals surface area (Å²) in [5, 5.41) is 0.500. The molecule has 0 N–H and O–H groups in total. The van der Waals surface area contributed by atoms with Crippen LogP contribution >= 0.6 is 25.2 Å². The summed E-state index contributed by atoms with van der Waals surface area (Å²) in [5.74, 6) is -0.562. The lowest BCUT2D eigenvalue weighted by atomic mass is 10.0. The van der Waals surface area contributed by atoms with Crippen LogP contribution in [-0.2, 0) is 6.18 Å². The second kappa shape index (κ2) is 5.22. The molecule has 6 heteroatoms. The molecule has 1 unspecified atom stereocenters. The molecule has 0 aromatic heterocycles. The zero-order valence-electron chi connectivity index (χ0n) is 9.43. The van der Waals surface area contributed by atoms with Crippen LogP contribution < -0.4 is 5.30 Å². The summed E-state index contributed by atoms with van der Waals surface area (Å²) in [6, 6.07) is 8.01. The third-order valence-electron chi connectivity index (χ3n) is 2.62. The van der Waals surface area contributed by atoms with E-state index in [1.54, 1.807) is 6.07 Å². The molecule has 0 aliphatic rings. The molecule has 0 aliphatic heterocycles. The fourth-order valence-corrected chi connectivity index (χ4v) is 2.86. The van der Waals surface area contributed by atoms with Gasteiger partial charge in [-0.3, -0.25) is 0 Å². The van der Waals surface area contributed by atoms with E-state index in [1.165, 1.54) is 24.3 Å². The van der Waals surface area contributed by atoms with Crippen molar-refractivity contribution in [2.45, 2.75) is 6.18 Å². The molecule has 0 nitrogen and oxygen atoms in total. The lowest BCUT2D eigenvalue weighted by Crippen LogP contribution is -2.08. The summed E-state index contributed by atoms with van der Waals surface area (Å²) >= 11 is 2.93. The summed E-state index contributed by atoms with van der Waals surface area (Å²) < 4.78 is 52.1. The zero-order chi connectivity index (χ0) is 14.2. The van der Waals surface area contributed by atoms with Crippen LogP contribution in [0.3, 0.4) is 0 Å². The van der Waals surface area contributed by atoms with Crippen LogP contribution in [0.15, 0.2) is 40.9 Å². The van der Waals surface area contributed by atoms with E-state index in [0.717, 1.165) is 6.07 Å². The lowest BCUT2D eigenvalue weighted by molar-refractivity contribution is -0.138. The van der Waals surface area contributed by atoms with Gasteiger partial charge in [0.05, 0.1) is 5.56 Å². The average Bonchev–Trinajstić information content (AvgIpc) is 2.29. The van der Waals surface area contributed by atoms with Gasteiger partial charge in [-0.05, 0) is 33.4 Å². The lowest BCUT2D eigenvalue weighted by Gasteiger charge is -2.14. The summed E-state index contributed by atoms with van der Waals surface area (Å²) in [5.41, 5.74) is -0.499. The van der Waals surface area contributed by atoms with Crippen molar-refractivity contribution < 1.29 is 17.6 Å². The molecule has 0 radical (unpaired) electrons. The van der Waals surface area contributed by atoms with Crippen molar-refractivity contribution in [3.63, 3.8) is 0 Å². The Bertz CT molecular complexity index is 602. The fraction of sp³-hybridized carbons (Fsp3) is 0.0769. The van der Waals surface area contributed by atoms with E-state index in [-0.39, 0.29) is 15.6 Å². The largest absolute Gasteiger partial charge is 0.417 e. The maximum absolute atomic E-state index is 13.8. The van der Waals surface area contributed by atoms with E-state index < -0.39 is 17.6 Å². The van der Waals surface area contributed by atoms with Gasteiger partial charge >= 0.3 is 6.18 Å². The maximum atomic E-state index is 13.8. The molecule has 1 atom stereocenters. The first-order valence-corrected chi connectivity index (χ1v) is 6.59. The normalized spacial score (nSPS) is 11.7. The van der Waals surface area contributed by atoms with E-state index in [2.05, 4.69) is 25.2 Å². The zero-order valence-corrected chi connectivity index (χ0v) is 12.2. The second-order valence-corrected chi connectivity index (χ2v) is 5.28. The summed E-state index contributed by atoms with van der Waals surface area (Å²) in [4.78, 5) is 0. The minimum absolute atomic E-state index is 0.144. The molecule has 0 bridgehead atoms. The van der Waals surface area contributed by atoms with Crippen LogP contribution in [0.25, 0.3) is 11.1 Å². The van der Waals surface area contributed by atoms with E-state index in [1.807, 2.05) is 0 Å². The first-order valence-electron chi connectivity index (χ1n) is 5.22. The average molecular weight is 351 g/mol. The van der Waals surface area contributed by atoms with Crippen LogP contribution in [0, 0.1) is 5.82 Å². The molecule has 0 aliphatic carbocycles. The van der Waals surface area contributed by atoms with Crippen molar-refractivity contribution in [3.8, 4) is 11.1 Å². The maximum Gasteiger partial charge on any atom is 0.417 e. The molecule has 0 amide bonds. The van der Waals surface area contributed by atoms with Gasteiger partial charge in [0.25, 0.3) is 0 Å². The van der Waals surface area contributed by atoms with Gasteiger partial charge in [-0.25, -0.2) is 4.39 Å². The van der Waals surface area contributed by atoms with Crippen molar-refractivity contribution in [3.05, 3.63) is 52.3 Å². The number of rotatable bonds is 1. The highest BCUT2D eigenvalue weighted by Gasteiger charge is 2.34. The summed E-state index contributed by atoms with van der Waals surface area (Å²) in [6.07, 6.45) is -4.48. The smallest absolute Gasteiger partial charge is 0.206 e. The Morgan fingerprint density at radius 3 is 2.21 bits per heavy atom. The highest BCUT2D eigenvalue weighted by molar-refractivity contribution is 9.10. The minimum Gasteiger partial charge on any atom is -0.206 e. The van der Waals surface area contributed by atoms with Crippen LogP contribution in [0.1, 0.15) is 5.56 Å². The summed E-state index contributed by atoms with van der Waals surface area (Å²) in [6.45, 7) is 0. The molecular formula is C13H8BrF4P. The molecule has 0 saturated heterocycles. The molecular weight excluding hydrogens is 343 g/mol. The van der Waals surface area contributed by atoms with Gasteiger partial charge in [0.15, 0.2) is 0 Å². The van der Waals surface area contributed by atoms with Gasteiger partial charge in [0.1, 0.15) is 5.82 Å². The molecule has 0 fully saturated rings. The van der Waals surface area contributed by atoms with Crippen molar-refractivity contribution >= 4 is 30.5 Å². The Morgan fingerprint density at radius 2 is 1.63 bits per heavy atom. The Balaban J connectivity index is 2.71. The quantitative estimate of drug-likeness (QED) is 0.513. The molecule has 0 spiro atoms. The molecule has 2 aromatic rings. The second-order valence-electron chi connectivity index (χ2n) is 3.87. The van der Waals surface area contributed by atoms with Crippen molar-refractivity contribution in [1.82, 2.24) is 0 Å². The van der Waals surface area contributed by atoms with Crippen molar-refractivity contribution in [1.29, 1.82) is 0 Å². The van der Waals surface area contributed by atoms with E-state index in [0.29, 0.717) is 5.30 Å². The SMILES string of the molecule is Fc1cccc(P)c1-c1cccc(C(F)(F)F)c1Br. The number of benzene rings is 2. The Kier molecular flexibility index (Phi) is 3.98. The van der Waals surface area contributed by atoms with Gasteiger partial charge < -0.3 is 0 Å². The highest BCUT2D eigenvalue weighted by Crippen LogP contribution is 2.40. The van der Waals surface area contributed by atoms with Crippen LogP contribution in [0.2, 0.25) is 0 Å². The highest BCUT2D eigenvalue weighted by atomic mass is 79.9. The Labute approximate surface area is 118 Å². The third-order valence-corrected chi connectivity index (χ3v) is 3.95. The number of alkyl halides is 3. The molecule has 2 aromatic carbocycles. The van der Waals surface area contributed by atoms with Gasteiger partial charge in [0, 0.05) is 15.6 Å². The first-order chi connectivity index (χ1) is 8.82. The van der Waals surface area contributed by atoms with Crippen molar-refractivity contribution in [2.24, 2.45) is 0 Å². The van der Waals surface area contributed by atoms with Crippen molar-refractivity contribution in [2.75, 3.05) is 0 Å². The molecule has 0 saturated carbocycles. The van der Waals surface area contributed by atoms with E-state index >= 15 is 0 Å². The predicted octanol–water partition coefficient (Wildman–Crippen LogP) is 4.77. The van der Waals surface area contributed by atoms with E-state index in [4.69, 9.17) is 0 Å². The Hall–Kier alpha value is -0.930. The minimum atomic E-state index is -4.48. The summed E-state index contributed by atoms with van der Waals surface area (Å²) in [7, 11) is 2.32. The van der Waals surface area contributed by atoms with Gasteiger partial charge in [0.2, 0.25) is 0 Å². The van der Waals surface area contributed by atoms with Gasteiger partial charge in [-0.1, -0.05) is 24.3 Å². The monoisotopic (exact) mass is 350 g/mol. The van der Waals surface area contributed by atoms with Gasteiger partial charge in [-0.15, -0.1) is 9.24 Å². The molecule has 19 heavy (non-hydrogen) atoms. The topological polar surface area (TPSA) is 0 Å². The molecule has 2 rings (SSSR count). The van der Waals surface area contributed by atoms with Crippen LogP contribution in [0.5, 0.6) is 0 Å². The standard InChI is InChI=1S/C13H8BrF4P/c14-12-7(3-1-4-8(12)13(16,17)18)11-9(15)5-2-6-10(11)19/h1-6H,19H2. The van der Waals surface area contributed by atoms with Crippen LogP contribution in [0.4, 0.5) is 17.6 Å². The Morgan fingerprint density at radius 1 is 1.00 bits per heavy atom. The van der Waals surface area contributed by atoms with Gasteiger partial charge in [-0.2, -0.15) is 13.2 Å².